The molecule has 0 radical (unpaired) electrons. The molecule has 396 valence electrons. The maximum Gasteiger partial charge on any atom is 0.137 e. The molecular weight excluding hydrogens is 1140 g/mol. The minimum Gasteiger partial charge on any atom is -1.00 e. The molecule has 8 nitrogen and oxygen atoms in total. The van der Waals surface area contributed by atoms with Crippen LogP contribution < -0.4 is 86.9 Å². The number of hydrogen-bond donors (Lipinski definition) is 0. The van der Waals surface area contributed by atoms with Gasteiger partial charge < -0.3 is 105 Å². The molecule has 0 N–H and O–H groups in total. The smallest absolute Gasteiger partial charge is 0.137 e. The molecule has 0 aliphatic heterocycles. The van der Waals surface area contributed by atoms with Crippen LogP contribution in [0, 0.1) is 0 Å². The lowest BCUT2D eigenvalue weighted by Crippen LogP contribution is -3.00. The summed E-state index contributed by atoms with van der Waals surface area (Å²) in [6.07, 6.45) is 0. The average molecular weight is 1230 g/mol. The minimum atomic E-state index is 0. The standard InChI is InChI=1S/C58H92N4O4.4BrH/c1-13-59(14-2,15-3)41-45-63-53-33-25-49(26-34-53)57(50-27-35-54(36-28-50)64-46-42-60(16-4,17-5)18-6)58(51-29-37-55(38-30-51)65-47-43-61(19-7,20-8)21-9)52-31-39-56(40-32-52)66-48-44-62(22-10,23-11)24-12;;;;/h25-40H,13-24,41-48H2,1-12H3;4*1H/q+4;;;;/p-4. The molecule has 4 aromatic rings. The zero-order chi connectivity index (χ0) is 48.1. The molecule has 0 unspecified atom stereocenters. The Bertz CT molecular complexity index is 1680. The number of likely N-dealkylation sites (N-methyl/N-ethyl adjacent to an activating group) is 4. The molecule has 0 heterocycles. The zero-order valence-corrected chi connectivity index (χ0v) is 51.7. The predicted octanol–water partition coefficient (Wildman–Crippen LogP) is -0.269. The van der Waals surface area contributed by atoms with Gasteiger partial charge in [-0.25, -0.2) is 0 Å². The highest BCUT2D eigenvalue weighted by Gasteiger charge is 2.24. The lowest BCUT2D eigenvalue weighted by molar-refractivity contribution is -0.923. The number of benzene rings is 4. The lowest BCUT2D eigenvalue weighted by atomic mass is 9.85. The number of rotatable bonds is 32. The van der Waals surface area contributed by atoms with Crippen molar-refractivity contribution in [3.05, 3.63) is 119 Å². The third kappa shape index (κ3) is 18.5. The van der Waals surface area contributed by atoms with Gasteiger partial charge in [0.2, 0.25) is 0 Å². The summed E-state index contributed by atoms with van der Waals surface area (Å²) in [5.41, 5.74) is 6.74. The van der Waals surface area contributed by atoms with E-state index in [1.807, 2.05) is 0 Å². The molecule has 0 amide bonds. The first-order valence-electron chi connectivity index (χ1n) is 26.1. The summed E-state index contributed by atoms with van der Waals surface area (Å²) in [4.78, 5) is 0. The molecule has 4 aromatic carbocycles. The summed E-state index contributed by atoms with van der Waals surface area (Å²) < 4.78 is 30.0. The maximum absolute atomic E-state index is 6.43. The molecule has 0 bridgehead atoms. The van der Waals surface area contributed by atoms with Crippen LogP contribution in [0.1, 0.15) is 105 Å². The van der Waals surface area contributed by atoms with Gasteiger partial charge in [-0.2, -0.15) is 0 Å². The van der Waals surface area contributed by atoms with E-state index in [2.05, 4.69) is 180 Å². The Morgan fingerprint density at radius 2 is 0.400 bits per heavy atom. The van der Waals surface area contributed by atoms with Crippen molar-refractivity contribution >= 4 is 11.1 Å². The second-order valence-corrected chi connectivity index (χ2v) is 18.3. The Labute approximate surface area is 469 Å². The Balaban J connectivity index is 0.0000119. The molecule has 12 heteroatoms. The van der Waals surface area contributed by atoms with Crippen LogP contribution in [-0.2, 0) is 0 Å². The van der Waals surface area contributed by atoms with Crippen molar-refractivity contribution in [3.8, 4) is 23.0 Å². The van der Waals surface area contributed by atoms with Crippen molar-refractivity contribution in [2.75, 3.05) is 131 Å². The fraction of sp³-hybridized carbons (Fsp3) is 0.552. The van der Waals surface area contributed by atoms with E-state index in [1.165, 1.54) is 0 Å². The van der Waals surface area contributed by atoms with Crippen LogP contribution in [0.3, 0.4) is 0 Å². The van der Waals surface area contributed by atoms with Gasteiger partial charge >= 0.3 is 0 Å². The molecule has 0 aromatic heterocycles. The summed E-state index contributed by atoms with van der Waals surface area (Å²) in [6, 6.07) is 34.9. The summed E-state index contributed by atoms with van der Waals surface area (Å²) in [6.45, 7) is 47.5. The molecular formula is C58H92Br4N4O4. The van der Waals surface area contributed by atoms with Crippen molar-refractivity contribution in [2.45, 2.75) is 83.1 Å². The largest absolute Gasteiger partial charge is 1.00 e. The van der Waals surface area contributed by atoms with Crippen LogP contribution in [-0.4, -0.2) is 149 Å². The van der Waals surface area contributed by atoms with Gasteiger partial charge in [0.25, 0.3) is 0 Å². The molecule has 0 saturated carbocycles. The van der Waals surface area contributed by atoms with Gasteiger partial charge in [0, 0.05) is 0 Å². The number of ether oxygens (including phenoxy) is 4. The Hall–Kier alpha value is -2.42. The van der Waals surface area contributed by atoms with E-state index in [1.54, 1.807) is 0 Å². The van der Waals surface area contributed by atoms with Crippen LogP contribution in [0.2, 0.25) is 0 Å². The molecule has 0 aliphatic rings. The highest BCUT2D eigenvalue weighted by Crippen LogP contribution is 2.39. The third-order valence-corrected chi connectivity index (χ3v) is 16.2. The Kier molecular flexibility index (Phi) is 33.0. The summed E-state index contributed by atoms with van der Waals surface area (Å²) >= 11 is 0. The lowest BCUT2D eigenvalue weighted by Gasteiger charge is -2.35. The Morgan fingerprint density at radius 1 is 0.257 bits per heavy atom. The minimum absolute atomic E-state index is 0. The number of halogens is 4. The van der Waals surface area contributed by atoms with Crippen molar-refractivity contribution in [1.82, 2.24) is 0 Å². The SMILES string of the molecule is CC[N+](CC)(CC)CCOc1ccc(C(=C(c2ccc(OCC[N+](CC)(CC)CC)cc2)c2ccc(OCC[N+](CC)(CC)CC)cc2)c2ccc(OCC[N+](CC)(CC)CC)cc2)cc1.[Br-].[Br-].[Br-].[Br-]. The van der Waals surface area contributed by atoms with Crippen molar-refractivity contribution in [2.24, 2.45) is 0 Å². The summed E-state index contributed by atoms with van der Waals surface area (Å²) in [7, 11) is 0. The van der Waals surface area contributed by atoms with E-state index in [4.69, 9.17) is 18.9 Å². The summed E-state index contributed by atoms with van der Waals surface area (Å²) in [5, 5.41) is 0. The quantitative estimate of drug-likeness (QED) is 0.0500. The first-order chi connectivity index (χ1) is 32.0. The molecule has 0 fully saturated rings. The van der Waals surface area contributed by atoms with Gasteiger partial charge in [-0.05, 0) is 165 Å². The second-order valence-electron chi connectivity index (χ2n) is 18.3. The maximum atomic E-state index is 6.43. The van der Waals surface area contributed by atoms with Gasteiger partial charge in [0.1, 0.15) is 75.6 Å². The number of hydrogen-bond acceptors (Lipinski definition) is 4. The predicted molar refractivity (Wildman–Crippen MR) is 280 cm³/mol. The number of nitrogens with zero attached hydrogens (tertiary/aromatic N) is 4. The van der Waals surface area contributed by atoms with Crippen LogP contribution in [0.25, 0.3) is 11.1 Å². The van der Waals surface area contributed by atoms with Gasteiger partial charge in [0.05, 0.1) is 78.5 Å². The first-order valence-corrected chi connectivity index (χ1v) is 26.1. The van der Waals surface area contributed by atoms with Crippen molar-refractivity contribution in [3.63, 3.8) is 0 Å². The molecule has 0 spiro atoms. The van der Waals surface area contributed by atoms with Gasteiger partial charge in [-0.3, -0.25) is 0 Å². The van der Waals surface area contributed by atoms with Crippen LogP contribution in [0.4, 0.5) is 0 Å². The third-order valence-electron chi connectivity index (χ3n) is 16.2. The topological polar surface area (TPSA) is 36.9 Å². The first kappa shape index (κ1) is 67.6. The van der Waals surface area contributed by atoms with E-state index in [0.717, 1.165) is 179 Å². The molecule has 0 atom stereocenters. The fourth-order valence-electron chi connectivity index (χ4n) is 9.79. The Morgan fingerprint density at radius 3 is 0.529 bits per heavy atom. The second kappa shape index (κ2) is 34.1. The number of quaternary nitrogens is 4. The van der Waals surface area contributed by atoms with E-state index in [9.17, 15) is 0 Å². The monoisotopic (exact) mass is 1220 g/mol. The molecule has 70 heavy (non-hydrogen) atoms. The summed E-state index contributed by atoms with van der Waals surface area (Å²) in [5.74, 6) is 3.56. The van der Waals surface area contributed by atoms with Crippen LogP contribution in [0.15, 0.2) is 97.1 Å². The van der Waals surface area contributed by atoms with Crippen LogP contribution in [0.5, 0.6) is 23.0 Å². The van der Waals surface area contributed by atoms with Crippen molar-refractivity contribution < 1.29 is 105 Å². The fourth-order valence-corrected chi connectivity index (χ4v) is 9.79. The molecule has 0 aliphatic carbocycles. The molecule has 0 saturated heterocycles. The van der Waals surface area contributed by atoms with Crippen molar-refractivity contribution in [1.29, 1.82) is 0 Å². The van der Waals surface area contributed by atoms with Crippen LogP contribution >= 0.6 is 0 Å². The molecule has 4 rings (SSSR count). The van der Waals surface area contributed by atoms with E-state index in [0.29, 0.717) is 26.4 Å². The highest BCUT2D eigenvalue weighted by atomic mass is 79.9. The van der Waals surface area contributed by atoms with E-state index >= 15 is 0 Å². The normalized spacial score (nSPS) is 11.5. The van der Waals surface area contributed by atoms with Gasteiger partial charge in [0.15, 0.2) is 0 Å². The van der Waals surface area contributed by atoms with E-state index in [-0.39, 0.29) is 67.9 Å². The zero-order valence-electron chi connectivity index (χ0n) is 45.3. The van der Waals surface area contributed by atoms with E-state index < -0.39 is 0 Å². The highest BCUT2D eigenvalue weighted by molar-refractivity contribution is 6.04. The average Bonchev–Trinajstić information content (AvgIpc) is 3.38. The van der Waals surface area contributed by atoms with Gasteiger partial charge in [-0.15, -0.1) is 0 Å². The van der Waals surface area contributed by atoms with Gasteiger partial charge in [-0.1, -0.05) is 48.5 Å².